The zero-order chi connectivity index (χ0) is 21.8. The van der Waals surface area contributed by atoms with Gasteiger partial charge in [0.15, 0.2) is 10.9 Å². The second-order valence-electron chi connectivity index (χ2n) is 6.70. The lowest BCUT2D eigenvalue weighted by atomic mass is 10.2. The number of para-hydroxylation sites is 1. The smallest absolute Gasteiger partial charge is 0.339 e. The average molecular weight is 448 g/mol. The van der Waals surface area contributed by atoms with Gasteiger partial charge in [-0.25, -0.2) is 0 Å². The summed E-state index contributed by atoms with van der Waals surface area (Å²) in [5.41, 5.74) is 0.421. The van der Waals surface area contributed by atoms with Gasteiger partial charge in [0.05, 0.1) is 17.6 Å². The molecule has 0 aliphatic carbocycles. The minimum atomic E-state index is -4.05. The van der Waals surface area contributed by atoms with Crippen LogP contribution in [-0.2, 0) is 14.9 Å². The normalized spacial score (nSPS) is 17.3. The number of thioether (sulfide) groups is 1. The lowest BCUT2D eigenvalue weighted by Gasteiger charge is -2.10. The Labute approximate surface area is 179 Å². The molecule has 1 aliphatic rings. The number of hydrogen-bond donors (Lipinski definition) is 1. The zero-order valence-electron chi connectivity index (χ0n) is 16.7. The molecule has 0 spiro atoms. The van der Waals surface area contributed by atoms with Gasteiger partial charge in [-0.15, -0.1) is 5.10 Å². The number of nitrogens with zero attached hydrogens (tertiary/aromatic N) is 2. The van der Waals surface area contributed by atoms with Gasteiger partial charge in [-0.1, -0.05) is 23.9 Å². The van der Waals surface area contributed by atoms with Crippen LogP contribution in [0.1, 0.15) is 26.3 Å². The summed E-state index contributed by atoms with van der Waals surface area (Å²) in [4.78, 5) is 11.8. The Morgan fingerprint density at radius 2 is 1.83 bits per heavy atom. The number of carbonyl (C=O) groups is 1. The maximum absolute atomic E-state index is 12.6. The third-order valence-electron chi connectivity index (χ3n) is 4.01. The minimum Gasteiger partial charge on any atom is -0.494 e. The van der Waals surface area contributed by atoms with Crippen LogP contribution in [0.5, 0.6) is 11.5 Å². The highest BCUT2D eigenvalue weighted by Crippen LogP contribution is 2.30. The van der Waals surface area contributed by atoms with Crippen molar-refractivity contribution >= 4 is 39.2 Å². The maximum atomic E-state index is 12.6. The van der Waals surface area contributed by atoms with Crippen LogP contribution >= 0.6 is 11.8 Å². The van der Waals surface area contributed by atoms with Gasteiger partial charge in [0.2, 0.25) is 5.91 Å². The van der Waals surface area contributed by atoms with Gasteiger partial charge in [0.1, 0.15) is 10.6 Å². The Hall–Kier alpha value is -2.85. The van der Waals surface area contributed by atoms with Gasteiger partial charge in [-0.3, -0.25) is 4.79 Å². The molecule has 1 amide bonds. The summed E-state index contributed by atoms with van der Waals surface area (Å²) in [6.07, 6.45) is 1.37. The Bertz CT molecular complexity index is 1090. The van der Waals surface area contributed by atoms with E-state index in [2.05, 4.69) is 15.5 Å². The number of rotatable bonds is 7. The van der Waals surface area contributed by atoms with E-state index in [0.717, 1.165) is 0 Å². The third kappa shape index (κ3) is 5.19. The predicted molar refractivity (Wildman–Crippen MR) is 117 cm³/mol. The van der Waals surface area contributed by atoms with Crippen LogP contribution in [0, 0.1) is 0 Å². The Balaban J connectivity index is 1.77. The van der Waals surface area contributed by atoms with Crippen LogP contribution in [0.2, 0.25) is 0 Å². The number of amidine groups is 1. The quantitative estimate of drug-likeness (QED) is 0.397. The standard InChI is InChI=1S/C20H21N3O5S2/c1-4-27-15-9-11-16(12-10-15)30(25,26)28-17-8-6-5-7-14(17)13-21-23-19-22-18(24)20(2,3)29-19/h5-13H,4H2,1-3H3,(H,22,23,24)/b21-13-. The number of benzene rings is 2. The van der Waals surface area contributed by atoms with E-state index in [0.29, 0.717) is 23.1 Å². The number of amides is 1. The monoisotopic (exact) mass is 447 g/mol. The summed E-state index contributed by atoms with van der Waals surface area (Å²) < 4.78 is 35.3. The molecular weight excluding hydrogens is 426 g/mol. The molecule has 0 saturated carbocycles. The summed E-state index contributed by atoms with van der Waals surface area (Å²) in [6.45, 7) is 5.90. The zero-order valence-corrected chi connectivity index (χ0v) is 18.3. The molecule has 10 heteroatoms. The van der Waals surface area contributed by atoms with Crippen LogP contribution < -0.4 is 14.2 Å². The second-order valence-corrected chi connectivity index (χ2v) is 9.85. The third-order valence-corrected chi connectivity index (χ3v) is 6.33. The summed E-state index contributed by atoms with van der Waals surface area (Å²) >= 11 is 1.27. The van der Waals surface area contributed by atoms with Gasteiger partial charge in [0.25, 0.3) is 0 Å². The molecule has 0 atom stereocenters. The highest BCUT2D eigenvalue weighted by molar-refractivity contribution is 8.16. The molecule has 1 heterocycles. The van der Waals surface area contributed by atoms with Gasteiger partial charge >= 0.3 is 10.1 Å². The SMILES string of the molecule is CCOc1ccc(S(=O)(=O)Oc2ccccc2/C=N\N=C2/NC(=O)C(C)(C)S2)cc1. The minimum absolute atomic E-state index is 0.00485. The summed E-state index contributed by atoms with van der Waals surface area (Å²) in [6, 6.07) is 12.5. The van der Waals surface area contributed by atoms with Crippen molar-refractivity contribution < 1.29 is 22.1 Å². The first-order chi connectivity index (χ1) is 14.2. The number of nitrogens with one attached hydrogen (secondary N) is 1. The largest absolute Gasteiger partial charge is 0.494 e. The Kier molecular flexibility index (Phi) is 6.47. The molecular formula is C20H21N3O5S2. The highest BCUT2D eigenvalue weighted by Gasteiger charge is 2.38. The summed E-state index contributed by atoms with van der Waals surface area (Å²) in [5, 5.41) is 11.0. The molecule has 1 saturated heterocycles. The van der Waals surface area contributed by atoms with E-state index in [9.17, 15) is 13.2 Å². The van der Waals surface area contributed by atoms with E-state index in [1.54, 1.807) is 44.2 Å². The van der Waals surface area contributed by atoms with Crippen molar-refractivity contribution in [3.05, 3.63) is 54.1 Å². The molecule has 8 nitrogen and oxygen atoms in total. The fourth-order valence-electron chi connectivity index (χ4n) is 2.45. The first-order valence-electron chi connectivity index (χ1n) is 9.09. The van der Waals surface area contributed by atoms with Crippen molar-refractivity contribution in [1.82, 2.24) is 5.32 Å². The molecule has 1 aliphatic heterocycles. The van der Waals surface area contributed by atoms with Crippen molar-refractivity contribution in [3.63, 3.8) is 0 Å². The molecule has 0 radical (unpaired) electrons. The van der Waals surface area contributed by atoms with Gasteiger partial charge in [0, 0.05) is 5.56 Å². The van der Waals surface area contributed by atoms with Crippen LogP contribution in [0.25, 0.3) is 0 Å². The van der Waals surface area contributed by atoms with Crippen molar-refractivity contribution in [1.29, 1.82) is 0 Å². The van der Waals surface area contributed by atoms with Gasteiger partial charge in [-0.05, 0) is 57.2 Å². The van der Waals surface area contributed by atoms with E-state index in [-0.39, 0.29) is 16.6 Å². The van der Waals surface area contributed by atoms with Gasteiger partial charge in [-0.2, -0.15) is 13.5 Å². The van der Waals surface area contributed by atoms with Crippen molar-refractivity contribution in [2.45, 2.75) is 30.4 Å². The molecule has 0 unspecified atom stereocenters. The fraction of sp³-hybridized carbons (Fsp3) is 0.250. The lowest BCUT2D eigenvalue weighted by molar-refractivity contribution is -0.120. The summed E-state index contributed by atoms with van der Waals surface area (Å²) in [7, 11) is -4.05. The molecule has 2 aromatic rings. The fourth-order valence-corrected chi connectivity index (χ4v) is 4.26. The van der Waals surface area contributed by atoms with E-state index in [1.807, 2.05) is 6.92 Å². The Morgan fingerprint density at radius 1 is 1.13 bits per heavy atom. The van der Waals surface area contributed by atoms with Crippen LogP contribution in [0.15, 0.2) is 63.6 Å². The van der Waals surface area contributed by atoms with Crippen LogP contribution in [-0.4, -0.2) is 37.1 Å². The van der Waals surface area contributed by atoms with Crippen LogP contribution in [0.4, 0.5) is 0 Å². The molecule has 3 rings (SSSR count). The van der Waals surface area contributed by atoms with E-state index >= 15 is 0 Å². The molecule has 1 fully saturated rings. The van der Waals surface area contributed by atoms with E-state index in [4.69, 9.17) is 8.92 Å². The molecule has 2 aromatic carbocycles. The summed E-state index contributed by atoms with van der Waals surface area (Å²) in [5.74, 6) is 0.536. The van der Waals surface area contributed by atoms with Crippen molar-refractivity contribution in [2.75, 3.05) is 6.61 Å². The molecule has 0 bridgehead atoms. The molecule has 1 N–H and O–H groups in total. The molecule has 30 heavy (non-hydrogen) atoms. The number of carbonyl (C=O) groups excluding carboxylic acids is 1. The number of hydrogen-bond acceptors (Lipinski definition) is 8. The van der Waals surface area contributed by atoms with Crippen molar-refractivity contribution in [3.8, 4) is 11.5 Å². The van der Waals surface area contributed by atoms with Crippen molar-refractivity contribution in [2.24, 2.45) is 10.2 Å². The average Bonchev–Trinajstić information content (AvgIpc) is 2.95. The van der Waals surface area contributed by atoms with Gasteiger partial charge < -0.3 is 14.2 Å². The highest BCUT2D eigenvalue weighted by atomic mass is 32.2. The predicted octanol–water partition coefficient (Wildman–Crippen LogP) is 3.18. The number of ether oxygens (including phenoxy) is 1. The Morgan fingerprint density at radius 3 is 2.47 bits per heavy atom. The first kappa shape index (κ1) is 21.8. The second kappa shape index (κ2) is 8.88. The first-order valence-corrected chi connectivity index (χ1v) is 11.3. The maximum Gasteiger partial charge on any atom is 0.339 e. The molecule has 0 aromatic heterocycles. The topological polar surface area (TPSA) is 106 Å². The van der Waals surface area contributed by atoms with Crippen LogP contribution in [0.3, 0.4) is 0 Å². The molecule has 158 valence electrons. The lowest BCUT2D eigenvalue weighted by Crippen LogP contribution is -2.30. The van der Waals surface area contributed by atoms with E-state index < -0.39 is 14.9 Å². The van der Waals surface area contributed by atoms with E-state index in [1.165, 1.54) is 36.2 Å².